The lowest BCUT2D eigenvalue weighted by molar-refractivity contribution is -0.151. The zero-order chi connectivity index (χ0) is 13.6. The molecule has 1 atom stereocenters. The number of ether oxygens (including phenoxy) is 1. The minimum atomic E-state index is -0.601. The second kappa shape index (κ2) is 7.10. The van der Waals surface area contributed by atoms with Gasteiger partial charge in [0.05, 0.1) is 6.61 Å². The summed E-state index contributed by atoms with van der Waals surface area (Å²) in [6.45, 7) is 9.16. The maximum Gasteiger partial charge on any atom is 0.327 e. The van der Waals surface area contributed by atoms with Gasteiger partial charge >= 0.3 is 5.97 Å². The van der Waals surface area contributed by atoms with Crippen molar-refractivity contribution in [3.63, 3.8) is 0 Å². The molecule has 0 bridgehead atoms. The molecule has 0 aromatic carbocycles. The van der Waals surface area contributed by atoms with E-state index >= 15 is 0 Å². The van der Waals surface area contributed by atoms with Gasteiger partial charge in [0.2, 0.25) is 0 Å². The SMILES string of the molecule is CCOC(=O)C(C)(CN(CC)CC1CCC1)NC. The Bertz CT molecular complexity index is 267. The number of carbonyl (C=O) groups excluding carboxylic acids is 1. The smallest absolute Gasteiger partial charge is 0.327 e. The van der Waals surface area contributed by atoms with Crippen LogP contribution in [0.3, 0.4) is 0 Å². The van der Waals surface area contributed by atoms with E-state index < -0.39 is 5.54 Å². The summed E-state index contributed by atoms with van der Waals surface area (Å²) in [6.07, 6.45) is 4.04. The summed E-state index contributed by atoms with van der Waals surface area (Å²) < 4.78 is 5.16. The first kappa shape index (κ1) is 15.4. The topological polar surface area (TPSA) is 41.6 Å². The third-order valence-electron chi connectivity index (χ3n) is 4.01. The van der Waals surface area contributed by atoms with E-state index in [1.54, 1.807) is 0 Å². The molecule has 1 fully saturated rings. The van der Waals surface area contributed by atoms with E-state index in [1.165, 1.54) is 19.3 Å². The van der Waals surface area contributed by atoms with Crippen molar-refractivity contribution in [1.82, 2.24) is 10.2 Å². The summed E-state index contributed by atoms with van der Waals surface area (Å²) in [5.74, 6) is 0.674. The number of nitrogens with one attached hydrogen (secondary N) is 1. The molecular weight excluding hydrogens is 228 g/mol. The number of rotatable bonds is 8. The molecule has 0 aliphatic heterocycles. The summed E-state index contributed by atoms with van der Waals surface area (Å²) >= 11 is 0. The maximum absolute atomic E-state index is 12.0. The monoisotopic (exact) mass is 256 g/mol. The Balaban J connectivity index is 2.54. The Hall–Kier alpha value is -0.610. The van der Waals surface area contributed by atoms with Crippen molar-refractivity contribution in [2.75, 3.05) is 33.3 Å². The van der Waals surface area contributed by atoms with Gasteiger partial charge in [-0.3, -0.25) is 4.79 Å². The molecule has 0 heterocycles. The fourth-order valence-corrected chi connectivity index (χ4v) is 2.33. The van der Waals surface area contributed by atoms with Crippen molar-refractivity contribution in [2.45, 2.75) is 45.6 Å². The van der Waals surface area contributed by atoms with Gasteiger partial charge in [0.15, 0.2) is 0 Å². The second-order valence-electron chi connectivity index (χ2n) is 5.43. The van der Waals surface area contributed by atoms with E-state index in [1.807, 2.05) is 20.9 Å². The average Bonchev–Trinajstić information content (AvgIpc) is 2.32. The van der Waals surface area contributed by atoms with Gasteiger partial charge < -0.3 is 15.0 Å². The van der Waals surface area contributed by atoms with E-state index in [-0.39, 0.29) is 5.97 Å². The molecular formula is C14H28N2O2. The van der Waals surface area contributed by atoms with Gasteiger partial charge in [0.1, 0.15) is 5.54 Å². The lowest BCUT2D eigenvalue weighted by Gasteiger charge is -2.37. The molecule has 1 saturated carbocycles. The van der Waals surface area contributed by atoms with Crippen molar-refractivity contribution < 1.29 is 9.53 Å². The standard InChI is InChI=1S/C14H28N2O2/c1-5-16(10-12-8-7-9-12)11-14(3,15-4)13(17)18-6-2/h12,15H,5-11H2,1-4H3. The number of hydrogen-bond acceptors (Lipinski definition) is 4. The van der Waals surface area contributed by atoms with Gasteiger partial charge in [-0.25, -0.2) is 0 Å². The van der Waals surface area contributed by atoms with Crippen LogP contribution in [0.15, 0.2) is 0 Å². The Labute approximate surface area is 111 Å². The number of carbonyl (C=O) groups is 1. The van der Waals surface area contributed by atoms with Crippen LogP contribution in [0.1, 0.15) is 40.0 Å². The molecule has 106 valence electrons. The highest BCUT2D eigenvalue weighted by Crippen LogP contribution is 2.27. The third-order valence-corrected chi connectivity index (χ3v) is 4.01. The first-order valence-electron chi connectivity index (χ1n) is 7.14. The third kappa shape index (κ3) is 3.95. The molecule has 1 unspecified atom stereocenters. The number of likely N-dealkylation sites (N-methyl/N-ethyl adjacent to an activating group) is 2. The highest BCUT2D eigenvalue weighted by atomic mass is 16.5. The second-order valence-corrected chi connectivity index (χ2v) is 5.43. The van der Waals surface area contributed by atoms with Gasteiger partial charge in [0.25, 0.3) is 0 Å². The Morgan fingerprint density at radius 1 is 1.44 bits per heavy atom. The molecule has 0 aromatic heterocycles. The molecule has 1 N–H and O–H groups in total. The van der Waals surface area contributed by atoms with Crippen molar-refractivity contribution in [3.05, 3.63) is 0 Å². The predicted octanol–water partition coefficient (Wildman–Crippen LogP) is 1.65. The first-order chi connectivity index (χ1) is 8.55. The predicted molar refractivity (Wildman–Crippen MR) is 73.6 cm³/mol. The first-order valence-corrected chi connectivity index (χ1v) is 7.14. The summed E-state index contributed by atoms with van der Waals surface area (Å²) in [4.78, 5) is 14.4. The molecule has 4 nitrogen and oxygen atoms in total. The number of nitrogens with zero attached hydrogens (tertiary/aromatic N) is 1. The van der Waals surface area contributed by atoms with Gasteiger partial charge in [0, 0.05) is 13.1 Å². The van der Waals surface area contributed by atoms with E-state index in [0.29, 0.717) is 6.61 Å². The zero-order valence-electron chi connectivity index (χ0n) is 12.3. The van der Waals surface area contributed by atoms with Crippen LogP contribution in [-0.4, -0.2) is 49.7 Å². The van der Waals surface area contributed by atoms with Crippen LogP contribution >= 0.6 is 0 Å². The highest BCUT2D eigenvalue weighted by Gasteiger charge is 2.35. The minimum Gasteiger partial charge on any atom is -0.465 e. The molecule has 18 heavy (non-hydrogen) atoms. The zero-order valence-corrected chi connectivity index (χ0v) is 12.3. The average molecular weight is 256 g/mol. The van der Waals surface area contributed by atoms with Gasteiger partial charge in [-0.15, -0.1) is 0 Å². The van der Waals surface area contributed by atoms with E-state index in [9.17, 15) is 4.79 Å². The van der Waals surface area contributed by atoms with Crippen LogP contribution < -0.4 is 5.32 Å². The summed E-state index contributed by atoms with van der Waals surface area (Å²) in [5.41, 5.74) is -0.601. The summed E-state index contributed by atoms with van der Waals surface area (Å²) in [6, 6.07) is 0. The molecule has 0 amide bonds. The Kier molecular flexibility index (Phi) is 6.09. The summed E-state index contributed by atoms with van der Waals surface area (Å²) in [5, 5.41) is 3.12. The van der Waals surface area contributed by atoms with Crippen molar-refractivity contribution >= 4 is 5.97 Å². The molecule has 0 spiro atoms. The van der Waals surface area contributed by atoms with E-state index in [2.05, 4.69) is 17.1 Å². The molecule has 1 rings (SSSR count). The van der Waals surface area contributed by atoms with Gasteiger partial charge in [-0.05, 0) is 46.2 Å². The van der Waals surface area contributed by atoms with Crippen molar-refractivity contribution in [2.24, 2.45) is 5.92 Å². The maximum atomic E-state index is 12.0. The molecule has 1 aliphatic carbocycles. The molecule has 1 aliphatic rings. The molecule has 0 aromatic rings. The van der Waals surface area contributed by atoms with E-state index in [0.717, 1.165) is 25.6 Å². The highest BCUT2D eigenvalue weighted by molar-refractivity contribution is 5.80. The van der Waals surface area contributed by atoms with Crippen LogP contribution in [0.5, 0.6) is 0 Å². The van der Waals surface area contributed by atoms with Crippen LogP contribution in [0, 0.1) is 5.92 Å². The van der Waals surface area contributed by atoms with Crippen LogP contribution in [0.2, 0.25) is 0 Å². The quantitative estimate of drug-likeness (QED) is 0.671. The van der Waals surface area contributed by atoms with Crippen molar-refractivity contribution in [3.8, 4) is 0 Å². The normalized spacial score (nSPS) is 19.4. The lowest BCUT2D eigenvalue weighted by atomic mass is 9.85. The lowest BCUT2D eigenvalue weighted by Crippen LogP contribution is -2.57. The van der Waals surface area contributed by atoms with Gasteiger partial charge in [-0.1, -0.05) is 13.3 Å². The number of esters is 1. The fourth-order valence-electron chi connectivity index (χ4n) is 2.33. The molecule has 0 saturated heterocycles. The Morgan fingerprint density at radius 3 is 2.50 bits per heavy atom. The van der Waals surface area contributed by atoms with Crippen molar-refractivity contribution in [1.29, 1.82) is 0 Å². The fraction of sp³-hybridized carbons (Fsp3) is 0.929. The van der Waals surface area contributed by atoms with Crippen LogP contribution in [0.4, 0.5) is 0 Å². The number of hydrogen-bond donors (Lipinski definition) is 1. The molecule has 4 heteroatoms. The largest absolute Gasteiger partial charge is 0.465 e. The summed E-state index contributed by atoms with van der Waals surface area (Å²) in [7, 11) is 1.83. The molecule has 0 radical (unpaired) electrons. The van der Waals surface area contributed by atoms with E-state index in [4.69, 9.17) is 4.74 Å². The van der Waals surface area contributed by atoms with Gasteiger partial charge in [-0.2, -0.15) is 0 Å². The minimum absolute atomic E-state index is 0.153. The van der Waals surface area contributed by atoms with Crippen LogP contribution in [-0.2, 0) is 9.53 Å². The Morgan fingerprint density at radius 2 is 2.11 bits per heavy atom. The van der Waals surface area contributed by atoms with Crippen LogP contribution in [0.25, 0.3) is 0 Å².